The van der Waals surface area contributed by atoms with Gasteiger partial charge >= 0.3 is 0 Å². The summed E-state index contributed by atoms with van der Waals surface area (Å²) in [6.07, 6.45) is 4.01. The zero-order chi connectivity index (χ0) is 14.3. The smallest absolute Gasteiger partial charge is 0.125 e. The van der Waals surface area contributed by atoms with E-state index in [1.807, 2.05) is 0 Å². The largest absolute Gasteiger partial charge is 0.374 e. The van der Waals surface area contributed by atoms with Gasteiger partial charge in [0.15, 0.2) is 0 Å². The molecule has 20 heavy (non-hydrogen) atoms. The van der Waals surface area contributed by atoms with Gasteiger partial charge in [0.05, 0.1) is 0 Å². The third-order valence-corrected chi connectivity index (χ3v) is 4.97. The van der Waals surface area contributed by atoms with Gasteiger partial charge < -0.3 is 15.7 Å². The van der Waals surface area contributed by atoms with Crippen LogP contribution in [0.2, 0.25) is 0 Å². The number of fused-ring (bicyclic) bond motifs is 1. The summed E-state index contributed by atoms with van der Waals surface area (Å²) >= 11 is 0. The van der Waals surface area contributed by atoms with Crippen LogP contribution in [0.1, 0.15) is 48.4 Å². The highest BCUT2D eigenvalue weighted by molar-refractivity contribution is 5.62. The first-order chi connectivity index (χ1) is 9.48. The number of anilines is 1. The number of aryl methyl sites for hydroxylation is 1. The van der Waals surface area contributed by atoms with Crippen molar-refractivity contribution >= 4 is 5.69 Å². The molecule has 1 aromatic rings. The van der Waals surface area contributed by atoms with Crippen molar-refractivity contribution in [3.63, 3.8) is 0 Å². The lowest BCUT2D eigenvalue weighted by Crippen LogP contribution is -2.27. The summed E-state index contributed by atoms with van der Waals surface area (Å²) in [5.74, 6) is 0. The molecule has 0 saturated heterocycles. The molecule has 1 unspecified atom stereocenters. The molecule has 1 heterocycles. The standard InChI is InChI=1S/C17H26N2O/c1-11-8-13-10-18-7-4-14(13)12(2)16(11)19-15(20)9-17(3)5-6-17/h8,15,18-20H,4-7,9-10H2,1-3H3. The van der Waals surface area contributed by atoms with E-state index < -0.39 is 6.23 Å². The Kier molecular flexibility index (Phi) is 3.51. The molecule has 1 aliphatic carbocycles. The molecule has 0 bridgehead atoms. The molecule has 0 radical (unpaired) electrons. The van der Waals surface area contributed by atoms with E-state index in [1.54, 1.807) is 0 Å². The van der Waals surface area contributed by atoms with Gasteiger partial charge in [-0.05, 0) is 73.7 Å². The van der Waals surface area contributed by atoms with Crippen LogP contribution in [0.15, 0.2) is 6.07 Å². The van der Waals surface area contributed by atoms with E-state index in [9.17, 15) is 5.11 Å². The Morgan fingerprint density at radius 2 is 2.15 bits per heavy atom. The molecule has 1 fully saturated rings. The van der Waals surface area contributed by atoms with E-state index in [-0.39, 0.29) is 0 Å². The van der Waals surface area contributed by atoms with Gasteiger partial charge in [-0.25, -0.2) is 0 Å². The number of nitrogens with one attached hydrogen (secondary N) is 2. The molecule has 1 aliphatic heterocycles. The third kappa shape index (κ3) is 2.70. The minimum Gasteiger partial charge on any atom is -0.374 e. The van der Waals surface area contributed by atoms with Crippen LogP contribution < -0.4 is 10.6 Å². The lowest BCUT2D eigenvalue weighted by Gasteiger charge is -2.26. The van der Waals surface area contributed by atoms with Crippen LogP contribution in [0.25, 0.3) is 0 Å². The zero-order valence-electron chi connectivity index (χ0n) is 12.8. The molecule has 3 rings (SSSR count). The molecule has 1 saturated carbocycles. The van der Waals surface area contributed by atoms with E-state index in [0.717, 1.165) is 31.6 Å². The SMILES string of the molecule is Cc1cc2c(c(C)c1NC(O)CC1(C)CC1)CCNC2. The number of aliphatic hydroxyl groups is 1. The summed E-state index contributed by atoms with van der Waals surface area (Å²) in [7, 11) is 0. The summed E-state index contributed by atoms with van der Waals surface area (Å²) in [5.41, 5.74) is 6.95. The minimum absolute atomic E-state index is 0.367. The second kappa shape index (κ2) is 5.05. The number of benzene rings is 1. The van der Waals surface area contributed by atoms with Crippen molar-refractivity contribution in [2.24, 2.45) is 5.41 Å². The van der Waals surface area contributed by atoms with Gasteiger partial charge in [0.1, 0.15) is 6.23 Å². The predicted molar refractivity (Wildman–Crippen MR) is 82.9 cm³/mol. The van der Waals surface area contributed by atoms with Crippen molar-refractivity contribution in [2.75, 3.05) is 11.9 Å². The van der Waals surface area contributed by atoms with E-state index in [2.05, 4.69) is 37.5 Å². The number of hydrogen-bond acceptors (Lipinski definition) is 3. The van der Waals surface area contributed by atoms with Gasteiger partial charge in [0, 0.05) is 12.2 Å². The Balaban J connectivity index is 1.81. The van der Waals surface area contributed by atoms with E-state index >= 15 is 0 Å². The van der Waals surface area contributed by atoms with E-state index in [1.165, 1.54) is 35.1 Å². The molecular formula is C17H26N2O. The molecule has 3 heteroatoms. The third-order valence-electron chi connectivity index (χ3n) is 4.97. The summed E-state index contributed by atoms with van der Waals surface area (Å²) in [4.78, 5) is 0. The fourth-order valence-corrected chi connectivity index (χ4v) is 3.37. The highest BCUT2D eigenvalue weighted by Crippen LogP contribution is 2.49. The average molecular weight is 274 g/mol. The summed E-state index contributed by atoms with van der Waals surface area (Å²) in [6, 6.07) is 2.27. The number of hydrogen-bond donors (Lipinski definition) is 3. The lowest BCUT2D eigenvalue weighted by atomic mass is 9.92. The van der Waals surface area contributed by atoms with Crippen LogP contribution >= 0.6 is 0 Å². The van der Waals surface area contributed by atoms with E-state index in [0.29, 0.717) is 5.41 Å². The molecule has 0 aromatic heterocycles. The summed E-state index contributed by atoms with van der Waals surface area (Å²) in [5, 5.41) is 17.1. The normalized spacial score (nSPS) is 21.2. The Labute approximate surface area is 121 Å². The fraction of sp³-hybridized carbons (Fsp3) is 0.647. The highest BCUT2D eigenvalue weighted by atomic mass is 16.3. The molecule has 3 nitrogen and oxygen atoms in total. The maximum Gasteiger partial charge on any atom is 0.125 e. The molecule has 0 spiro atoms. The van der Waals surface area contributed by atoms with Crippen molar-refractivity contribution in [1.29, 1.82) is 0 Å². The summed E-state index contributed by atoms with van der Waals surface area (Å²) in [6.45, 7) is 8.60. The first kappa shape index (κ1) is 13.9. The Morgan fingerprint density at radius 3 is 2.85 bits per heavy atom. The molecule has 2 aliphatic rings. The van der Waals surface area contributed by atoms with Crippen molar-refractivity contribution in [3.8, 4) is 0 Å². The van der Waals surface area contributed by atoms with Crippen LogP contribution in [-0.2, 0) is 13.0 Å². The van der Waals surface area contributed by atoms with Crippen molar-refractivity contribution in [3.05, 3.63) is 28.3 Å². The predicted octanol–water partition coefficient (Wildman–Crippen LogP) is 2.87. The first-order valence-electron chi connectivity index (χ1n) is 7.76. The monoisotopic (exact) mass is 274 g/mol. The quantitative estimate of drug-likeness (QED) is 0.740. The van der Waals surface area contributed by atoms with E-state index in [4.69, 9.17) is 0 Å². The lowest BCUT2D eigenvalue weighted by molar-refractivity contribution is 0.166. The highest BCUT2D eigenvalue weighted by Gasteiger charge is 2.39. The van der Waals surface area contributed by atoms with Crippen LogP contribution in [0, 0.1) is 19.3 Å². The van der Waals surface area contributed by atoms with Crippen LogP contribution in [-0.4, -0.2) is 17.9 Å². The van der Waals surface area contributed by atoms with Crippen LogP contribution in [0.5, 0.6) is 0 Å². The van der Waals surface area contributed by atoms with Crippen molar-refractivity contribution in [2.45, 2.75) is 59.2 Å². The number of aliphatic hydroxyl groups excluding tert-OH is 1. The van der Waals surface area contributed by atoms with Gasteiger partial charge in [0.25, 0.3) is 0 Å². The molecule has 1 atom stereocenters. The molecule has 1 aromatic carbocycles. The molecular weight excluding hydrogens is 248 g/mol. The first-order valence-corrected chi connectivity index (χ1v) is 7.76. The maximum absolute atomic E-state index is 10.3. The second-order valence-electron chi connectivity index (χ2n) is 6.93. The Bertz CT molecular complexity index is 520. The molecule has 3 N–H and O–H groups in total. The molecule has 110 valence electrons. The topological polar surface area (TPSA) is 44.3 Å². The summed E-state index contributed by atoms with van der Waals surface area (Å²) < 4.78 is 0. The van der Waals surface area contributed by atoms with Gasteiger partial charge in [-0.15, -0.1) is 0 Å². The van der Waals surface area contributed by atoms with Gasteiger partial charge in [-0.1, -0.05) is 13.0 Å². The minimum atomic E-state index is -0.431. The number of rotatable bonds is 4. The fourth-order valence-electron chi connectivity index (χ4n) is 3.37. The Morgan fingerprint density at radius 1 is 1.40 bits per heavy atom. The van der Waals surface area contributed by atoms with Gasteiger partial charge in [-0.3, -0.25) is 0 Å². The van der Waals surface area contributed by atoms with Crippen molar-refractivity contribution < 1.29 is 5.11 Å². The van der Waals surface area contributed by atoms with Gasteiger partial charge in [-0.2, -0.15) is 0 Å². The second-order valence-corrected chi connectivity index (χ2v) is 6.93. The average Bonchev–Trinajstić information content (AvgIpc) is 3.12. The molecule has 0 amide bonds. The van der Waals surface area contributed by atoms with Crippen LogP contribution in [0.4, 0.5) is 5.69 Å². The van der Waals surface area contributed by atoms with Crippen LogP contribution in [0.3, 0.4) is 0 Å². The zero-order valence-corrected chi connectivity index (χ0v) is 12.8. The Hall–Kier alpha value is -1.06. The van der Waals surface area contributed by atoms with Crippen molar-refractivity contribution in [1.82, 2.24) is 5.32 Å². The maximum atomic E-state index is 10.3. The van der Waals surface area contributed by atoms with Gasteiger partial charge in [0.2, 0.25) is 0 Å².